The number of nitro benzene ring substituents is 1. The molecule has 0 aliphatic rings. The van der Waals surface area contributed by atoms with Crippen LogP contribution in [-0.4, -0.2) is 28.3 Å². The van der Waals surface area contributed by atoms with Crippen molar-refractivity contribution in [3.8, 4) is 0 Å². The Kier molecular flexibility index (Phi) is 5.89. The number of aromatic nitrogens is 1. The summed E-state index contributed by atoms with van der Waals surface area (Å²) >= 11 is 4.74. The molecule has 3 rings (SSSR count). The van der Waals surface area contributed by atoms with Gasteiger partial charge in [0.05, 0.1) is 20.8 Å². The SMILES string of the molecule is CCN(CCBr)c1ccc(/N=N/c2nc3ccc([N+](=O)[O-])cc3s2)cc1. The van der Waals surface area contributed by atoms with Gasteiger partial charge in [-0.2, -0.15) is 0 Å². The van der Waals surface area contributed by atoms with Crippen molar-refractivity contribution in [3.63, 3.8) is 0 Å². The van der Waals surface area contributed by atoms with Crippen LogP contribution in [0.2, 0.25) is 0 Å². The molecule has 0 saturated heterocycles. The first-order chi connectivity index (χ1) is 12.6. The van der Waals surface area contributed by atoms with Gasteiger partial charge in [0.2, 0.25) is 5.13 Å². The highest BCUT2D eigenvalue weighted by molar-refractivity contribution is 9.09. The number of thiazole rings is 1. The Morgan fingerprint density at radius 1 is 1.23 bits per heavy atom. The highest BCUT2D eigenvalue weighted by Gasteiger charge is 2.10. The van der Waals surface area contributed by atoms with Gasteiger partial charge in [0.1, 0.15) is 0 Å². The molecule has 134 valence electrons. The minimum atomic E-state index is -0.420. The Morgan fingerprint density at radius 3 is 2.65 bits per heavy atom. The smallest absolute Gasteiger partial charge is 0.270 e. The molecule has 0 saturated carbocycles. The summed E-state index contributed by atoms with van der Waals surface area (Å²) in [5, 5.41) is 20.6. The van der Waals surface area contributed by atoms with Crippen LogP contribution in [0.15, 0.2) is 52.7 Å². The second-order valence-corrected chi connectivity index (χ2v) is 7.19. The predicted octanol–water partition coefficient (Wildman–Crippen LogP) is 5.84. The highest BCUT2D eigenvalue weighted by atomic mass is 79.9. The average molecular weight is 434 g/mol. The lowest BCUT2D eigenvalue weighted by molar-refractivity contribution is -0.384. The summed E-state index contributed by atoms with van der Waals surface area (Å²) in [6.45, 7) is 3.99. The molecule has 2 aromatic carbocycles. The van der Waals surface area contributed by atoms with Crippen LogP contribution in [0.5, 0.6) is 0 Å². The van der Waals surface area contributed by atoms with Crippen molar-refractivity contribution >= 4 is 59.7 Å². The Balaban J connectivity index is 1.77. The molecule has 0 atom stereocenters. The van der Waals surface area contributed by atoms with Gasteiger partial charge in [-0.3, -0.25) is 10.1 Å². The number of benzene rings is 2. The summed E-state index contributed by atoms with van der Waals surface area (Å²) in [5.74, 6) is 0. The number of anilines is 1. The van der Waals surface area contributed by atoms with Crippen molar-refractivity contribution in [2.45, 2.75) is 6.92 Å². The van der Waals surface area contributed by atoms with Crippen LogP contribution >= 0.6 is 27.3 Å². The molecule has 0 N–H and O–H groups in total. The number of hydrogen-bond acceptors (Lipinski definition) is 7. The summed E-state index contributed by atoms with van der Waals surface area (Å²) in [5.41, 5.74) is 2.59. The third-order valence-electron chi connectivity index (χ3n) is 3.77. The zero-order valence-corrected chi connectivity index (χ0v) is 16.4. The molecule has 0 aliphatic carbocycles. The van der Waals surface area contributed by atoms with Gasteiger partial charge in [-0.15, -0.1) is 10.2 Å². The number of nitrogens with zero attached hydrogens (tertiary/aromatic N) is 5. The van der Waals surface area contributed by atoms with E-state index in [9.17, 15) is 10.1 Å². The van der Waals surface area contributed by atoms with Crippen LogP contribution in [0.3, 0.4) is 0 Å². The van der Waals surface area contributed by atoms with Crippen LogP contribution in [0.1, 0.15) is 6.92 Å². The number of non-ortho nitro benzene ring substituents is 1. The van der Waals surface area contributed by atoms with E-state index in [4.69, 9.17) is 0 Å². The highest BCUT2D eigenvalue weighted by Crippen LogP contribution is 2.32. The van der Waals surface area contributed by atoms with Gasteiger partial charge in [-0.05, 0) is 37.3 Å². The Hall–Kier alpha value is -2.39. The molecule has 0 aliphatic heterocycles. The van der Waals surface area contributed by atoms with E-state index >= 15 is 0 Å². The van der Waals surface area contributed by atoms with E-state index in [-0.39, 0.29) is 5.69 Å². The van der Waals surface area contributed by atoms with E-state index in [1.807, 2.05) is 24.3 Å². The van der Waals surface area contributed by atoms with E-state index in [1.165, 1.54) is 23.5 Å². The third-order valence-corrected chi connectivity index (χ3v) is 5.03. The fraction of sp³-hybridized carbons (Fsp3) is 0.235. The molecule has 0 amide bonds. The molecule has 7 nitrogen and oxygen atoms in total. The van der Waals surface area contributed by atoms with Gasteiger partial charge in [0, 0.05) is 36.2 Å². The summed E-state index contributed by atoms with van der Waals surface area (Å²) in [7, 11) is 0. The lowest BCUT2D eigenvalue weighted by Gasteiger charge is -2.21. The molecule has 0 unspecified atom stereocenters. The van der Waals surface area contributed by atoms with Crippen LogP contribution < -0.4 is 4.90 Å². The quantitative estimate of drug-likeness (QED) is 0.202. The first-order valence-corrected chi connectivity index (χ1v) is 9.92. The number of rotatable bonds is 7. The molecule has 1 heterocycles. The minimum Gasteiger partial charge on any atom is -0.371 e. The van der Waals surface area contributed by atoms with E-state index in [2.05, 4.69) is 43.0 Å². The zero-order valence-electron chi connectivity index (χ0n) is 14.0. The summed E-state index contributed by atoms with van der Waals surface area (Å²) in [6, 6.07) is 12.4. The maximum Gasteiger partial charge on any atom is 0.270 e. The lowest BCUT2D eigenvalue weighted by Crippen LogP contribution is -2.24. The second kappa shape index (κ2) is 8.33. The zero-order chi connectivity index (χ0) is 18.5. The minimum absolute atomic E-state index is 0.0455. The second-order valence-electron chi connectivity index (χ2n) is 5.39. The first-order valence-electron chi connectivity index (χ1n) is 7.98. The molecule has 0 bridgehead atoms. The molecule has 3 aromatic rings. The first kappa shape index (κ1) is 18.4. The molecule has 26 heavy (non-hydrogen) atoms. The molecular formula is C17H16BrN5O2S. The van der Waals surface area contributed by atoms with Crippen molar-refractivity contribution in [2.75, 3.05) is 23.3 Å². The van der Waals surface area contributed by atoms with Crippen molar-refractivity contribution < 1.29 is 4.92 Å². The summed E-state index contributed by atoms with van der Waals surface area (Å²) in [6.07, 6.45) is 0. The molecule has 0 fully saturated rings. The standard InChI is InChI=1S/C17H16BrN5O2S/c1-2-22(10-9-18)13-5-3-12(4-6-13)20-21-17-19-15-8-7-14(23(24)25)11-16(15)26-17/h3-8,11H,2,9-10H2,1H3/b21-20+. The van der Waals surface area contributed by atoms with Crippen LogP contribution in [0.25, 0.3) is 10.2 Å². The topological polar surface area (TPSA) is 84.0 Å². The van der Waals surface area contributed by atoms with Gasteiger partial charge in [0.25, 0.3) is 5.69 Å². The monoisotopic (exact) mass is 433 g/mol. The third kappa shape index (κ3) is 4.23. The maximum atomic E-state index is 10.8. The fourth-order valence-corrected chi connectivity index (χ4v) is 3.71. The van der Waals surface area contributed by atoms with E-state index in [0.29, 0.717) is 10.6 Å². The number of nitro groups is 1. The van der Waals surface area contributed by atoms with E-state index in [1.54, 1.807) is 6.07 Å². The van der Waals surface area contributed by atoms with Crippen molar-refractivity contribution in [1.29, 1.82) is 0 Å². The van der Waals surface area contributed by atoms with Gasteiger partial charge in [-0.1, -0.05) is 27.3 Å². The van der Waals surface area contributed by atoms with E-state index < -0.39 is 4.92 Å². The Labute approximate surface area is 162 Å². The lowest BCUT2D eigenvalue weighted by atomic mass is 10.2. The number of halogens is 1. The van der Waals surface area contributed by atoms with Gasteiger partial charge in [-0.25, -0.2) is 4.98 Å². The van der Waals surface area contributed by atoms with Crippen molar-refractivity contribution in [2.24, 2.45) is 10.2 Å². The number of hydrogen-bond donors (Lipinski definition) is 0. The fourth-order valence-electron chi connectivity index (χ4n) is 2.46. The number of azo groups is 1. The predicted molar refractivity (Wildman–Crippen MR) is 109 cm³/mol. The van der Waals surface area contributed by atoms with Crippen LogP contribution in [-0.2, 0) is 0 Å². The molecule has 1 aromatic heterocycles. The van der Waals surface area contributed by atoms with Gasteiger partial charge < -0.3 is 4.90 Å². The summed E-state index contributed by atoms with van der Waals surface area (Å²) in [4.78, 5) is 17.0. The largest absolute Gasteiger partial charge is 0.371 e. The van der Waals surface area contributed by atoms with Crippen molar-refractivity contribution in [3.05, 3.63) is 52.6 Å². The maximum absolute atomic E-state index is 10.8. The van der Waals surface area contributed by atoms with Gasteiger partial charge >= 0.3 is 0 Å². The van der Waals surface area contributed by atoms with Crippen molar-refractivity contribution in [1.82, 2.24) is 4.98 Å². The number of alkyl halides is 1. The average Bonchev–Trinajstić information content (AvgIpc) is 3.07. The molecule has 0 radical (unpaired) electrons. The molecular weight excluding hydrogens is 418 g/mol. The van der Waals surface area contributed by atoms with E-state index in [0.717, 1.165) is 34.5 Å². The van der Waals surface area contributed by atoms with Crippen LogP contribution in [0, 0.1) is 10.1 Å². The summed E-state index contributed by atoms with van der Waals surface area (Å²) < 4.78 is 0.719. The normalized spacial score (nSPS) is 11.3. The Bertz CT molecular complexity index is 942. The molecule has 9 heteroatoms. The molecule has 0 spiro atoms. The van der Waals surface area contributed by atoms with Crippen LogP contribution in [0.4, 0.5) is 22.2 Å². The Morgan fingerprint density at radius 2 is 2.00 bits per heavy atom. The number of fused-ring (bicyclic) bond motifs is 1. The van der Waals surface area contributed by atoms with Gasteiger partial charge in [0.15, 0.2) is 0 Å².